The first kappa shape index (κ1) is 10.8. The van der Waals surface area contributed by atoms with Gasteiger partial charge in [-0.25, -0.2) is 9.18 Å². The summed E-state index contributed by atoms with van der Waals surface area (Å²) >= 11 is 3.16. The second-order valence-corrected chi connectivity index (χ2v) is 3.96. The van der Waals surface area contributed by atoms with E-state index in [9.17, 15) is 9.18 Å². The highest BCUT2D eigenvalue weighted by molar-refractivity contribution is 9.10. The summed E-state index contributed by atoms with van der Waals surface area (Å²) < 4.78 is 14.7. The van der Waals surface area contributed by atoms with E-state index in [4.69, 9.17) is 5.73 Å². The Morgan fingerprint density at radius 1 is 1.44 bits per heavy atom. The molecule has 0 radical (unpaired) electrons. The van der Waals surface area contributed by atoms with Gasteiger partial charge in [0.2, 0.25) is 0 Å². The number of hydrogen-bond acceptors (Lipinski definition) is 3. The van der Waals surface area contributed by atoms with E-state index in [-0.39, 0.29) is 5.82 Å². The zero-order valence-electron chi connectivity index (χ0n) is 8.02. The lowest BCUT2D eigenvalue weighted by Gasteiger charge is -2.06. The van der Waals surface area contributed by atoms with Crippen LogP contribution in [0.25, 0.3) is 5.69 Å². The van der Waals surface area contributed by atoms with Gasteiger partial charge in [-0.1, -0.05) is 6.07 Å². The predicted octanol–water partition coefficient (Wildman–Crippen LogP) is 1.72. The number of anilines is 1. The Bertz CT molecular complexity index is 597. The molecule has 2 N–H and O–H groups in total. The zero-order chi connectivity index (χ0) is 11.7. The van der Waals surface area contributed by atoms with Crippen LogP contribution in [0, 0.1) is 5.82 Å². The summed E-state index contributed by atoms with van der Waals surface area (Å²) in [5, 5.41) is 0. The third-order valence-corrected chi connectivity index (χ3v) is 2.61. The number of nitrogens with two attached hydrogens (primary N) is 1. The van der Waals surface area contributed by atoms with Crippen LogP contribution in [0.3, 0.4) is 0 Å². The average Bonchev–Trinajstić information content (AvgIpc) is 2.23. The van der Waals surface area contributed by atoms with Crippen molar-refractivity contribution < 1.29 is 4.39 Å². The van der Waals surface area contributed by atoms with Crippen molar-refractivity contribution in [2.75, 3.05) is 5.73 Å². The van der Waals surface area contributed by atoms with Crippen molar-refractivity contribution in [3.05, 3.63) is 51.2 Å². The summed E-state index contributed by atoms with van der Waals surface area (Å²) in [7, 11) is 0. The number of halogens is 2. The quantitative estimate of drug-likeness (QED) is 0.867. The van der Waals surface area contributed by atoms with E-state index >= 15 is 0 Å². The fraction of sp³-hybridized carbons (Fsp3) is 0. The molecule has 0 aliphatic rings. The van der Waals surface area contributed by atoms with Crippen LogP contribution in [0.1, 0.15) is 0 Å². The molecule has 1 heterocycles. The number of aromatic nitrogens is 2. The maximum atomic E-state index is 13.0. The lowest BCUT2D eigenvalue weighted by atomic mass is 10.3. The third-order valence-electron chi connectivity index (χ3n) is 2.00. The molecule has 6 heteroatoms. The fourth-order valence-electron chi connectivity index (χ4n) is 1.26. The second-order valence-electron chi connectivity index (χ2n) is 3.11. The topological polar surface area (TPSA) is 60.9 Å². The van der Waals surface area contributed by atoms with Gasteiger partial charge in [-0.15, -0.1) is 0 Å². The van der Waals surface area contributed by atoms with E-state index in [1.807, 2.05) is 0 Å². The van der Waals surface area contributed by atoms with Crippen molar-refractivity contribution in [1.29, 1.82) is 0 Å². The standard InChI is InChI=1S/C10H7BrFN3O/c11-8-5-15(10(16)14-9(8)13)7-3-1-2-6(12)4-7/h1-5H,(H2,13,14,16). The Labute approximate surface area is 98.7 Å². The van der Waals surface area contributed by atoms with Gasteiger partial charge in [0.15, 0.2) is 0 Å². The molecule has 0 aliphatic heterocycles. The Kier molecular flexibility index (Phi) is 2.74. The molecule has 1 aromatic carbocycles. The summed E-state index contributed by atoms with van der Waals surface area (Å²) in [4.78, 5) is 15.1. The highest BCUT2D eigenvalue weighted by Gasteiger charge is 2.05. The van der Waals surface area contributed by atoms with Crippen LogP contribution in [0.2, 0.25) is 0 Å². The number of nitrogens with zero attached hydrogens (tertiary/aromatic N) is 2. The molecule has 2 rings (SSSR count). The van der Waals surface area contributed by atoms with E-state index < -0.39 is 11.5 Å². The highest BCUT2D eigenvalue weighted by Crippen LogP contribution is 2.15. The molecule has 16 heavy (non-hydrogen) atoms. The van der Waals surface area contributed by atoms with E-state index in [0.29, 0.717) is 10.2 Å². The summed E-state index contributed by atoms with van der Waals surface area (Å²) in [6, 6.07) is 5.66. The molecule has 1 aromatic heterocycles. The van der Waals surface area contributed by atoms with E-state index in [1.165, 1.54) is 29.0 Å². The molecule has 2 aromatic rings. The highest BCUT2D eigenvalue weighted by atomic mass is 79.9. The summed E-state index contributed by atoms with van der Waals surface area (Å²) in [5.41, 5.74) is 5.30. The number of hydrogen-bond donors (Lipinski definition) is 1. The number of benzene rings is 1. The fourth-order valence-corrected chi connectivity index (χ4v) is 1.55. The largest absolute Gasteiger partial charge is 0.383 e. The minimum Gasteiger partial charge on any atom is -0.383 e. The van der Waals surface area contributed by atoms with Crippen LogP contribution < -0.4 is 11.4 Å². The summed E-state index contributed by atoms with van der Waals surface area (Å²) in [6.45, 7) is 0. The van der Waals surface area contributed by atoms with E-state index in [1.54, 1.807) is 6.07 Å². The van der Waals surface area contributed by atoms with Gasteiger partial charge in [-0.05, 0) is 34.1 Å². The van der Waals surface area contributed by atoms with Crippen LogP contribution in [-0.4, -0.2) is 9.55 Å². The monoisotopic (exact) mass is 283 g/mol. The molecular weight excluding hydrogens is 277 g/mol. The van der Waals surface area contributed by atoms with Crippen LogP contribution in [0.5, 0.6) is 0 Å². The maximum Gasteiger partial charge on any atom is 0.354 e. The molecule has 0 bridgehead atoms. The minimum atomic E-state index is -0.550. The second kappa shape index (κ2) is 4.05. The molecule has 0 unspecified atom stereocenters. The van der Waals surface area contributed by atoms with E-state index in [2.05, 4.69) is 20.9 Å². The predicted molar refractivity (Wildman–Crippen MR) is 61.9 cm³/mol. The molecule has 4 nitrogen and oxygen atoms in total. The van der Waals surface area contributed by atoms with Gasteiger partial charge >= 0.3 is 5.69 Å². The smallest absolute Gasteiger partial charge is 0.354 e. The Hall–Kier alpha value is -1.69. The number of rotatable bonds is 1. The molecule has 82 valence electrons. The van der Waals surface area contributed by atoms with Gasteiger partial charge in [-0.3, -0.25) is 4.57 Å². The van der Waals surface area contributed by atoms with Crippen molar-refractivity contribution in [3.63, 3.8) is 0 Å². The van der Waals surface area contributed by atoms with Crippen molar-refractivity contribution in [3.8, 4) is 5.69 Å². The Morgan fingerprint density at radius 2 is 2.19 bits per heavy atom. The molecule has 0 amide bonds. The van der Waals surface area contributed by atoms with Crippen LogP contribution >= 0.6 is 15.9 Å². The first-order valence-electron chi connectivity index (χ1n) is 4.38. The lowest BCUT2D eigenvalue weighted by Crippen LogP contribution is -2.22. The molecule has 0 saturated carbocycles. The molecule has 0 fully saturated rings. The zero-order valence-corrected chi connectivity index (χ0v) is 9.61. The van der Waals surface area contributed by atoms with Gasteiger partial charge in [0, 0.05) is 6.20 Å². The first-order valence-corrected chi connectivity index (χ1v) is 5.18. The molecule has 0 spiro atoms. The lowest BCUT2D eigenvalue weighted by molar-refractivity contribution is 0.626. The van der Waals surface area contributed by atoms with Crippen LogP contribution in [0.4, 0.5) is 10.2 Å². The summed E-state index contributed by atoms with van der Waals surface area (Å²) in [5.74, 6) is -0.310. The summed E-state index contributed by atoms with van der Waals surface area (Å²) in [6.07, 6.45) is 1.46. The SMILES string of the molecule is Nc1nc(=O)n(-c2cccc(F)c2)cc1Br. The van der Waals surface area contributed by atoms with Crippen molar-refractivity contribution in [2.24, 2.45) is 0 Å². The van der Waals surface area contributed by atoms with Gasteiger partial charge in [0.1, 0.15) is 11.6 Å². The Balaban J connectivity index is 2.65. The normalized spacial score (nSPS) is 10.4. The molecule has 0 aliphatic carbocycles. The van der Waals surface area contributed by atoms with Gasteiger partial charge in [0.05, 0.1) is 10.2 Å². The Morgan fingerprint density at radius 3 is 2.88 bits per heavy atom. The average molecular weight is 284 g/mol. The molecule has 0 atom stereocenters. The molecular formula is C10H7BrFN3O. The van der Waals surface area contributed by atoms with Gasteiger partial charge in [0.25, 0.3) is 0 Å². The third kappa shape index (κ3) is 1.96. The van der Waals surface area contributed by atoms with Crippen molar-refractivity contribution in [2.45, 2.75) is 0 Å². The minimum absolute atomic E-state index is 0.109. The first-order chi connectivity index (χ1) is 7.58. The van der Waals surface area contributed by atoms with Crippen LogP contribution in [0.15, 0.2) is 39.7 Å². The maximum absolute atomic E-state index is 13.0. The van der Waals surface area contributed by atoms with Gasteiger partial charge < -0.3 is 5.73 Å². The van der Waals surface area contributed by atoms with Gasteiger partial charge in [-0.2, -0.15) is 4.98 Å². The van der Waals surface area contributed by atoms with Crippen molar-refractivity contribution in [1.82, 2.24) is 9.55 Å². The molecule has 0 saturated heterocycles. The van der Waals surface area contributed by atoms with E-state index in [0.717, 1.165) is 0 Å². The van der Waals surface area contributed by atoms with Crippen molar-refractivity contribution >= 4 is 21.7 Å². The van der Waals surface area contributed by atoms with Crippen LogP contribution in [-0.2, 0) is 0 Å². The number of nitrogen functional groups attached to an aromatic ring is 1.